The molecule has 1 amide bonds. The highest BCUT2D eigenvalue weighted by Gasteiger charge is 2.25. The average Bonchev–Trinajstić information content (AvgIpc) is 2.93. The normalized spacial score (nSPS) is 15.6. The SMILES string of the molecule is CNC(C)(C)C(=O)Nc1cccc(N2CCCC2)c1. The third-order valence-corrected chi connectivity index (χ3v) is 3.77. The summed E-state index contributed by atoms with van der Waals surface area (Å²) in [4.78, 5) is 14.5. The minimum atomic E-state index is -0.566. The van der Waals surface area contributed by atoms with Crippen LogP contribution < -0.4 is 15.5 Å². The predicted molar refractivity (Wildman–Crippen MR) is 79.7 cm³/mol. The van der Waals surface area contributed by atoms with Gasteiger partial charge >= 0.3 is 0 Å². The van der Waals surface area contributed by atoms with Crippen LogP contribution in [-0.2, 0) is 4.79 Å². The first-order valence-corrected chi connectivity index (χ1v) is 6.88. The molecule has 1 fully saturated rings. The molecule has 2 rings (SSSR count). The van der Waals surface area contributed by atoms with Gasteiger partial charge in [0.2, 0.25) is 5.91 Å². The molecule has 4 nitrogen and oxygen atoms in total. The van der Waals surface area contributed by atoms with E-state index in [0.29, 0.717) is 0 Å². The molecule has 1 aromatic rings. The van der Waals surface area contributed by atoms with Crippen molar-refractivity contribution >= 4 is 17.3 Å². The molecule has 104 valence electrons. The molecule has 0 aromatic heterocycles. The van der Waals surface area contributed by atoms with Crippen LogP contribution in [0.3, 0.4) is 0 Å². The zero-order valence-electron chi connectivity index (χ0n) is 12.0. The summed E-state index contributed by atoms with van der Waals surface area (Å²) in [7, 11) is 1.79. The van der Waals surface area contributed by atoms with Crippen LogP contribution in [-0.4, -0.2) is 31.6 Å². The molecule has 0 bridgehead atoms. The monoisotopic (exact) mass is 261 g/mol. The molecule has 0 saturated carbocycles. The van der Waals surface area contributed by atoms with E-state index in [2.05, 4.69) is 27.7 Å². The molecule has 1 aliphatic rings. The molecule has 1 aliphatic heterocycles. The van der Waals surface area contributed by atoms with Gasteiger partial charge in [0.05, 0.1) is 5.54 Å². The molecular formula is C15H23N3O. The number of carbonyl (C=O) groups is 1. The Balaban J connectivity index is 2.09. The van der Waals surface area contributed by atoms with Crippen molar-refractivity contribution in [1.29, 1.82) is 0 Å². The maximum Gasteiger partial charge on any atom is 0.244 e. The number of anilines is 2. The number of rotatable bonds is 4. The van der Waals surface area contributed by atoms with Crippen molar-refractivity contribution in [3.63, 3.8) is 0 Å². The third-order valence-electron chi connectivity index (χ3n) is 3.77. The van der Waals surface area contributed by atoms with Crippen molar-refractivity contribution < 1.29 is 4.79 Å². The minimum Gasteiger partial charge on any atom is -0.371 e. The Morgan fingerprint density at radius 3 is 2.58 bits per heavy atom. The highest BCUT2D eigenvalue weighted by Crippen LogP contribution is 2.23. The van der Waals surface area contributed by atoms with Gasteiger partial charge in [-0.25, -0.2) is 0 Å². The van der Waals surface area contributed by atoms with Crippen LogP contribution in [0.25, 0.3) is 0 Å². The second-order valence-corrected chi connectivity index (χ2v) is 5.57. The fourth-order valence-electron chi connectivity index (χ4n) is 2.16. The summed E-state index contributed by atoms with van der Waals surface area (Å²) in [5.74, 6) is -0.0198. The summed E-state index contributed by atoms with van der Waals surface area (Å²) in [5, 5.41) is 5.98. The highest BCUT2D eigenvalue weighted by molar-refractivity contribution is 5.97. The van der Waals surface area contributed by atoms with Crippen molar-refractivity contribution in [1.82, 2.24) is 5.32 Å². The van der Waals surface area contributed by atoms with E-state index in [1.807, 2.05) is 26.0 Å². The summed E-state index contributed by atoms with van der Waals surface area (Å²) < 4.78 is 0. The van der Waals surface area contributed by atoms with Crippen LogP contribution in [0.15, 0.2) is 24.3 Å². The Labute approximate surface area is 115 Å². The van der Waals surface area contributed by atoms with Gasteiger partial charge in [-0.05, 0) is 51.9 Å². The summed E-state index contributed by atoms with van der Waals surface area (Å²) in [6.07, 6.45) is 2.51. The molecule has 0 atom stereocenters. The van der Waals surface area contributed by atoms with Crippen molar-refractivity contribution in [3.05, 3.63) is 24.3 Å². The van der Waals surface area contributed by atoms with E-state index in [1.54, 1.807) is 7.05 Å². The average molecular weight is 261 g/mol. The quantitative estimate of drug-likeness (QED) is 0.873. The first kappa shape index (κ1) is 13.9. The van der Waals surface area contributed by atoms with Crippen molar-refractivity contribution in [2.45, 2.75) is 32.2 Å². The molecule has 0 unspecified atom stereocenters. The van der Waals surface area contributed by atoms with Gasteiger partial charge < -0.3 is 15.5 Å². The molecule has 0 spiro atoms. The van der Waals surface area contributed by atoms with Gasteiger partial charge in [0.15, 0.2) is 0 Å². The molecule has 0 aliphatic carbocycles. The number of likely N-dealkylation sites (N-methyl/N-ethyl adjacent to an activating group) is 1. The summed E-state index contributed by atoms with van der Waals surface area (Å²) in [6.45, 7) is 5.96. The van der Waals surface area contributed by atoms with Crippen LogP contribution in [0.5, 0.6) is 0 Å². The summed E-state index contributed by atoms with van der Waals surface area (Å²) in [6, 6.07) is 8.08. The molecule has 1 saturated heterocycles. The maximum absolute atomic E-state index is 12.1. The zero-order chi connectivity index (χ0) is 13.9. The van der Waals surface area contributed by atoms with E-state index in [4.69, 9.17) is 0 Å². The molecule has 0 radical (unpaired) electrons. The Bertz CT molecular complexity index is 450. The Morgan fingerprint density at radius 1 is 1.26 bits per heavy atom. The smallest absolute Gasteiger partial charge is 0.244 e. The number of carbonyl (C=O) groups excluding carboxylic acids is 1. The van der Waals surface area contributed by atoms with Crippen LogP contribution in [0.1, 0.15) is 26.7 Å². The lowest BCUT2D eigenvalue weighted by Crippen LogP contribution is -2.47. The Hall–Kier alpha value is -1.55. The van der Waals surface area contributed by atoms with Crippen LogP contribution in [0.4, 0.5) is 11.4 Å². The lowest BCUT2D eigenvalue weighted by molar-refractivity contribution is -0.121. The summed E-state index contributed by atoms with van der Waals surface area (Å²) in [5.41, 5.74) is 1.49. The molecule has 1 aromatic carbocycles. The molecule has 1 heterocycles. The topological polar surface area (TPSA) is 44.4 Å². The van der Waals surface area contributed by atoms with E-state index in [-0.39, 0.29) is 5.91 Å². The minimum absolute atomic E-state index is 0.0198. The number of hydrogen-bond acceptors (Lipinski definition) is 3. The molecular weight excluding hydrogens is 238 g/mol. The van der Waals surface area contributed by atoms with E-state index in [9.17, 15) is 4.79 Å². The fraction of sp³-hybridized carbons (Fsp3) is 0.533. The van der Waals surface area contributed by atoms with Crippen LogP contribution in [0, 0.1) is 0 Å². The third kappa shape index (κ3) is 3.26. The van der Waals surface area contributed by atoms with Crippen molar-refractivity contribution in [2.75, 3.05) is 30.4 Å². The number of nitrogens with zero attached hydrogens (tertiary/aromatic N) is 1. The van der Waals surface area contributed by atoms with Gasteiger partial charge in [0, 0.05) is 24.5 Å². The number of hydrogen-bond donors (Lipinski definition) is 2. The largest absolute Gasteiger partial charge is 0.371 e. The van der Waals surface area contributed by atoms with E-state index >= 15 is 0 Å². The van der Waals surface area contributed by atoms with Crippen LogP contribution in [0.2, 0.25) is 0 Å². The maximum atomic E-state index is 12.1. The number of benzene rings is 1. The second kappa shape index (κ2) is 5.61. The molecule has 4 heteroatoms. The van der Waals surface area contributed by atoms with Gasteiger partial charge in [-0.15, -0.1) is 0 Å². The van der Waals surface area contributed by atoms with Gasteiger partial charge in [0.1, 0.15) is 0 Å². The first-order chi connectivity index (χ1) is 9.03. The lowest BCUT2D eigenvalue weighted by atomic mass is 10.1. The second-order valence-electron chi connectivity index (χ2n) is 5.57. The van der Waals surface area contributed by atoms with Crippen LogP contribution >= 0.6 is 0 Å². The van der Waals surface area contributed by atoms with Crippen molar-refractivity contribution in [3.8, 4) is 0 Å². The number of amides is 1. The molecule has 19 heavy (non-hydrogen) atoms. The van der Waals surface area contributed by atoms with Gasteiger partial charge in [0.25, 0.3) is 0 Å². The standard InChI is InChI=1S/C15H23N3O/c1-15(2,16-3)14(19)17-12-7-6-8-13(11-12)18-9-4-5-10-18/h6-8,11,16H,4-5,9-10H2,1-3H3,(H,17,19). The molecule has 2 N–H and O–H groups in total. The summed E-state index contributed by atoms with van der Waals surface area (Å²) >= 11 is 0. The number of nitrogens with one attached hydrogen (secondary N) is 2. The Morgan fingerprint density at radius 2 is 1.95 bits per heavy atom. The van der Waals surface area contributed by atoms with E-state index in [0.717, 1.165) is 18.8 Å². The van der Waals surface area contributed by atoms with Gasteiger partial charge in [-0.1, -0.05) is 6.07 Å². The highest BCUT2D eigenvalue weighted by atomic mass is 16.2. The lowest BCUT2D eigenvalue weighted by Gasteiger charge is -2.23. The van der Waals surface area contributed by atoms with E-state index in [1.165, 1.54) is 18.5 Å². The van der Waals surface area contributed by atoms with E-state index < -0.39 is 5.54 Å². The van der Waals surface area contributed by atoms with Gasteiger partial charge in [-0.3, -0.25) is 4.79 Å². The Kier molecular flexibility index (Phi) is 4.10. The predicted octanol–water partition coefficient (Wildman–Crippen LogP) is 2.22. The zero-order valence-corrected chi connectivity index (χ0v) is 12.0. The fourth-order valence-corrected chi connectivity index (χ4v) is 2.16. The van der Waals surface area contributed by atoms with Crippen molar-refractivity contribution in [2.24, 2.45) is 0 Å². The first-order valence-electron chi connectivity index (χ1n) is 6.88. The van der Waals surface area contributed by atoms with Gasteiger partial charge in [-0.2, -0.15) is 0 Å².